The van der Waals surface area contributed by atoms with Crippen molar-refractivity contribution in [2.24, 2.45) is 5.92 Å². The number of hydrogen-bond donors (Lipinski definition) is 0. The highest BCUT2D eigenvalue weighted by Crippen LogP contribution is 2.47. The van der Waals surface area contributed by atoms with Crippen molar-refractivity contribution in [2.75, 3.05) is 14.2 Å². The van der Waals surface area contributed by atoms with Gasteiger partial charge in [0.15, 0.2) is 5.78 Å². The first-order chi connectivity index (χ1) is 11.1. The number of thioether (sulfide) groups is 1. The predicted molar refractivity (Wildman–Crippen MR) is 96.1 cm³/mol. The lowest BCUT2D eigenvalue weighted by Crippen LogP contribution is -2.21. The van der Waals surface area contributed by atoms with Gasteiger partial charge in [-0.05, 0) is 24.5 Å². The summed E-state index contributed by atoms with van der Waals surface area (Å²) < 4.78 is 10.9. The second kappa shape index (κ2) is 8.62. The van der Waals surface area contributed by atoms with Crippen molar-refractivity contribution in [2.45, 2.75) is 62.5 Å². The molecular formula is C19H28O3S. The van der Waals surface area contributed by atoms with E-state index in [4.69, 9.17) is 9.47 Å². The van der Waals surface area contributed by atoms with Gasteiger partial charge in [-0.15, -0.1) is 11.8 Å². The largest absolute Gasteiger partial charge is 0.496 e. The number of rotatable bonds is 8. The standard InChI is InChI=1S/C19H28O3S/c1-5-7-8-13(6-2)11-14-12-15(20)18-16(21-3)9-10-17(22-4)19(18)23-14/h9-10,13-14H,5-8,11-12H2,1-4H3. The first-order valence-corrected chi connectivity index (χ1v) is 9.47. The van der Waals surface area contributed by atoms with E-state index in [1.165, 1.54) is 25.7 Å². The van der Waals surface area contributed by atoms with Gasteiger partial charge in [0, 0.05) is 11.7 Å². The third-order valence-corrected chi connectivity index (χ3v) is 5.97. The third-order valence-electron chi connectivity index (χ3n) is 4.64. The molecule has 0 bridgehead atoms. The van der Waals surface area contributed by atoms with Crippen LogP contribution in [0.1, 0.15) is 62.7 Å². The molecule has 1 aliphatic heterocycles. The molecule has 3 nitrogen and oxygen atoms in total. The van der Waals surface area contributed by atoms with Crippen LogP contribution in [0.15, 0.2) is 17.0 Å². The van der Waals surface area contributed by atoms with Crippen LogP contribution >= 0.6 is 11.8 Å². The molecule has 2 atom stereocenters. The van der Waals surface area contributed by atoms with Crippen molar-refractivity contribution >= 4 is 17.5 Å². The maximum Gasteiger partial charge on any atom is 0.168 e. The van der Waals surface area contributed by atoms with Crippen LogP contribution in [0.2, 0.25) is 0 Å². The number of carbonyl (C=O) groups excluding carboxylic acids is 1. The molecule has 0 N–H and O–H groups in total. The van der Waals surface area contributed by atoms with Gasteiger partial charge in [-0.2, -0.15) is 0 Å². The van der Waals surface area contributed by atoms with E-state index in [2.05, 4.69) is 13.8 Å². The average molecular weight is 336 g/mol. The minimum absolute atomic E-state index is 0.185. The Kier molecular flexibility index (Phi) is 6.82. The number of fused-ring (bicyclic) bond motifs is 1. The molecule has 2 unspecified atom stereocenters. The highest BCUT2D eigenvalue weighted by molar-refractivity contribution is 8.00. The van der Waals surface area contributed by atoms with E-state index in [9.17, 15) is 4.79 Å². The number of unbranched alkanes of at least 4 members (excludes halogenated alkanes) is 1. The second-order valence-electron chi connectivity index (χ2n) is 6.19. The van der Waals surface area contributed by atoms with Crippen LogP contribution in [-0.2, 0) is 0 Å². The van der Waals surface area contributed by atoms with Crippen molar-refractivity contribution < 1.29 is 14.3 Å². The lowest BCUT2D eigenvalue weighted by molar-refractivity contribution is 0.0969. The zero-order valence-electron chi connectivity index (χ0n) is 14.7. The van der Waals surface area contributed by atoms with Gasteiger partial charge in [0.05, 0.1) is 24.7 Å². The number of ketones is 1. The molecule has 0 fully saturated rings. The highest BCUT2D eigenvalue weighted by atomic mass is 32.2. The lowest BCUT2D eigenvalue weighted by atomic mass is 9.91. The summed E-state index contributed by atoms with van der Waals surface area (Å²) in [4.78, 5) is 13.6. The van der Waals surface area contributed by atoms with Crippen LogP contribution < -0.4 is 9.47 Å². The quantitative estimate of drug-likeness (QED) is 0.640. The number of Topliss-reactive ketones (excluding diaryl/α,β-unsaturated/α-hetero) is 1. The Balaban J connectivity index is 2.20. The molecule has 0 aliphatic carbocycles. The van der Waals surface area contributed by atoms with Crippen LogP contribution in [0.3, 0.4) is 0 Å². The lowest BCUT2D eigenvalue weighted by Gasteiger charge is -2.28. The molecule has 0 aromatic heterocycles. The molecule has 0 saturated carbocycles. The molecule has 0 amide bonds. The second-order valence-corrected chi connectivity index (χ2v) is 7.50. The molecule has 0 saturated heterocycles. The Morgan fingerprint density at radius 2 is 1.91 bits per heavy atom. The van der Waals surface area contributed by atoms with E-state index in [0.717, 1.165) is 17.1 Å². The smallest absolute Gasteiger partial charge is 0.168 e. The number of hydrogen-bond acceptors (Lipinski definition) is 4. The summed E-state index contributed by atoms with van der Waals surface area (Å²) in [5.41, 5.74) is 0.703. The molecule has 1 aromatic rings. The Morgan fingerprint density at radius 3 is 2.52 bits per heavy atom. The molecule has 0 spiro atoms. The zero-order valence-corrected chi connectivity index (χ0v) is 15.5. The van der Waals surface area contributed by atoms with Gasteiger partial charge in [0.1, 0.15) is 11.5 Å². The van der Waals surface area contributed by atoms with Gasteiger partial charge < -0.3 is 9.47 Å². The fraction of sp³-hybridized carbons (Fsp3) is 0.632. The molecule has 0 radical (unpaired) electrons. The molecule has 2 rings (SSSR count). The van der Waals surface area contributed by atoms with Crippen LogP contribution in [0.5, 0.6) is 11.5 Å². The van der Waals surface area contributed by atoms with Crippen LogP contribution in [0.4, 0.5) is 0 Å². The summed E-state index contributed by atoms with van der Waals surface area (Å²) in [6.07, 6.45) is 6.67. The predicted octanol–water partition coefficient (Wildman–Crippen LogP) is 5.36. The Morgan fingerprint density at radius 1 is 1.22 bits per heavy atom. The van der Waals surface area contributed by atoms with E-state index in [-0.39, 0.29) is 5.78 Å². The van der Waals surface area contributed by atoms with Gasteiger partial charge in [0.25, 0.3) is 0 Å². The van der Waals surface area contributed by atoms with Crippen molar-refractivity contribution in [3.8, 4) is 11.5 Å². The average Bonchev–Trinajstić information content (AvgIpc) is 2.57. The third kappa shape index (κ3) is 4.23. The monoisotopic (exact) mass is 336 g/mol. The fourth-order valence-corrected chi connectivity index (χ4v) is 4.80. The fourth-order valence-electron chi connectivity index (χ4n) is 3.26. The van der Waals surface area contributed by atoms with Gasteiger partial charge >= 0.3 is 0 Å². The van der Waals surface area contributed by atoms with E-state index in [1.807, 2.05) is 12.1 Å². The Labute approximate surface area is 144 Å². The number of carbonyl (C=O) groups is 1. The Bertz CT molecular complexity index is 542. The maximum absolute atomic E-state index is 12.7. The van der Waals surface area contributed by atoms with Gasteiger partial charge in [-0.1, -0.05) is 39.5 Å². The molecule has 23 heavy (non-hydrogen) atoms. The summed E-state index contributed by atoms with van der Waals surface area (Å²) in [6.45, 7) is 4.49. The molecule has 1 aliphatic rings. The van der Waals surface area contributed by atoms with Crippen molar-refractivity contribution in [1.82, 2.24) is 0 Å². The molecule has 1 heterocycles. The van der Waals surface area contributed by atoms with E-state index >= 15 is 0 Å². The first kappa shape index (κ1) is 18.2. The van der Waals surface area contributed by atoms with Crippen molar-refractivity contribution in [1.29, 1.82) is 0 Å². The number of methoxy groups -OCH3 is 2. The molecule has 128 valence electrons. The minimum Gasteiger partial charge on any atom is -0.496 e. The number of ether oxygens (including phenoxy) is 2. The zero-order chi connectivity index (χ0) is 16.8. The van der Waals surface area contributed by atoms with Gasteiger partial charge in [0.2, 0.25) is 0 Å². The normalized spacial score (nSPS) is 18.4. The highest BCUT2D eigenvalue weighted by Gasteiger charge is 2.32. The summed E-state index contributed by atoms with van der Waals surface area (Å²) in [5, 5.41) is 0.345. The van der Waals surface area contributed by atoms with Crippen LogP contribution in [0.25, 0.3) is 0 Å². The first-order valence-electron chi connectivity index (χ1n) is 8.59. The Hall–Kier alpha value is -1.16. The van der Waals surface area contributed by atoms with Crippen molar-refractivity contribution in [3.05, 3.63) is 17.7 Å². The van der Waals surface area contributed by atoms with Crippen LogP contribution in [0, 0.1) is 5.92 Å². The summed E-state index contributed by atoms with van der Waals surface area (Å²) >= 11 is 1.79. The molecule has 4 heteroatoms. The minimum atomic E-state index is 0.185. The molecular weight excluding hydrogens is 308 g/mol. The summed E-state index contributed by atoms with van der Waals surface area (Å²) in [5.74, 6) is 2.34. The van der Waals surface area contributed by atoms with E-state index < -0.39 is 0 Å². The SMILES string of the molecule is CCCCC(CC)CC1CC(=O)c2c(OC)ccc(OC)c2S1. The van der Waals surface area contributed by atoms with Crippen molar-refractivity contribution in [3.63, 3.8) is 0 Å². The number of benzene rings is 1. The molecule has 1 aromatic carbocycles. The van der Waals surface area contributed by atoms with E-state index in [0.29, 0.717) is 28.9 Å². The summed E-state index contributed by atoms with van der Waals surface area (Å²) in [6, 6.07) is 3.72. The van der Waals surface area contributed by atoms with Crippen LogP contribution in [-0.4, -0.2) is 25.3 Å². The topological polar surface area (TPSA) is 35.5 Å². The van der Waals surface area contributed by atoms with Gasteiger partial charge in [-0.3, -0.25) is 4.79 Å². The maximum atomic E-state index is 12.7. The van der Waals surface area contributed by atoms with Gasteiger partial charge in [-0.25, -0.2) is 0 Å². The summed E-state index contributed by atoms with van der Waals surface area (Å²) in [7, 11) is 3.27. The van der Waals surface area contributed by atoms with E-state index in [1.54, 1.807) is 26.0 Å².